The zero-order valence-corrected chi connectivity index (χ0v) is 25.3. The number of benzene rings is 1. The molecule has 2 aromatic rings. The Kier molecular flexibility index (Phi) is 8.39. The van der Waals surface area contributed by atoms with Crippen molar-refractivity contribution in [3.05, 3.63) is 47.4 Å². The first-order valence-corrected chi connectivity index (χ1v) is 15.4. The molecule has 6 rings (SSSR count). The van der Waals surface area contributed by atoms with Crippen molar-refractivity contribution in [2.45, 2.75) is 57.2 Å². The molecule has 10 nitrogen and oxygen atoms in total. The molecule has 2 atom stereocenters. The number of aromatic nitrogens is 2. The van der Waals surface area contributed by atoms with Crippen molar-refractivity contribution >= 4 is 23.1 Å². The lowest BCUT2D eigenvalue weighted by Gasteiger charge is -2.42. The summed E-state index contributed by atoms with van der Waals surface area (Å²) in [6.45, 7) is 8.70. The summed E-state index contributed by atoms with van der Waals surface area (Å²) in [5.41, 5.74) is 4.67. The van der Waals surface area contributed by atoms with Gasteiger partial charge in [-0.25, -0.2) is 4.39 Å². The number of hydrogen-bond donors (Lipinski definition) is 0. The van der Waals surface area contributed by atoms with Gasteiger partial charge >= 0.3 is 6.01 Å². The molecule has 0 saturated carbocycles. The van der Waals surface area contributed by atoms with E-state index in [1.54, 1.807) is 11.0 Å². The second-order valence-electron chi connectivity index (χ2n) is 12.1. The maximum atomic E-state index is 15.5. The second-order valence-corrected chi connectivity index (χ2v) is 12.1. The molecule has 2 fully saturated rings. The first kappa shape index (κ1) is 29.2. The molecule has 1 aromatic heterocycles. The quantitative estimate of drug-likeness (QED) is 0.453. The molecule has 5 heterocycles. The van der Waals surface area contributed by atoms with Crippen LogP contribution in [0.1, 0.15) is 42.5 Å². The normalized spacial score (nSPS) is 22.2. The third-order valence-corrected chi connectivity index (χ3v) is 9.49. The fraction of sp³-hybridized carbons (Fsp3) is 0.562. The molecule has 2 saturated heterocycles. The number of halogens is 1. The van der Waals surface area contributed by atoms with Crippen LogP contribution in [0, 0.1) is 17.1 Å². The van der Waals surface area contributed by atoms with E-state index >= 15 is 4.39 Å². The Bertz CT molecular complexity index is 1430. The fourth-order valence-electron chi connectivity index (χ4n) is 7.15. The van der Waals surface area contributed by atoms with Crippen LogP contribution < -0.4 is 19.4 Å². The van der Waals surface area contributed by atoms with E-state index in [2.05, 4.69) is 39.3 Å². The number of aryl methyl sites for hydroxylation is 1. The number of fused-ring (bicyclic) bond motifs is 2. The lowest BCUT2D eigenvalue weighted by Crippen LogP contribution is -2.55. The van der Waals surface area contributed by atoms with Crippen molar-refractivity contribution in [1.29, 1.82) is 5.26 Å². The molecule has 1 aromatic carbocycles. The summed E-state index contributed by atoms with van der Waals surface area (Å²) in [6, 6.07) is 6.13. The highest BCUT2D eigenvalue weighted by Gasteiger charge is 2.35. The van der Waals surface area contributed by atoms with Crippen LogP contribution in [0.25, 0.3) is 0 Å². The van der Waals surface area contributed by atoms with Gasteiger partial charge in [0, 0.05) is 51.4 Å². The number of likely N-dealkylation sites (tertiary alicyclic amines) is 1. The topological polar surface area (TPSA) is 92.1 Å². The number of piperazine rings is 1. The van der Waals surface area contributed by atoms with Crippen molar-refractivity contribution in [2.75, 3.05) is 74.7 Å². The van der Waals surface area contributed by atoms with Crippen molar-refractivity contribution in [3.63, 3.8) is 0 Å². The number of rotatable bonds is 7. The van der Waals surface area contributed by atoms with E-state index in [9.17, 15) is 10.1 Å². The van der Waals surface area contributed by atoms with E-state index in [0.29, 0.717) is 63.5 Å². The third-order valence-electron chi connectivity index (χ3n) is 9.49. The number of amides is 1. The Hall–Kier alpha value is -3.91. The van der Waals surface area contributed by atoms with Crippen LogP contribution in [0.4, 0.5) is 21.6 Å². The van der Waals surface area contributed by atoms with Crippen LogP contribution in [0.15, 0.2) is 24.8 Å². The van der Waals surface area contributed by atoms with E-state index in [1.165, 1.54) is 11.6 Å². The van der Waals surface area contributed by atoms with Crippen molar-refractivity contribution in [1.82, 2.24) is 19.8 Å². The van der Waals surface area contributed by atoms with Crippen LogP contribution in [0.2, 0.25) is 0 Å². The van der Waals surface area contributed by atoms with Crippen molar-refractivity contribution in [3.8, 4) is 12.1 Å². The number of carbonyl (C=O) groups excluding carboxylic acids is 1. The van der Waals surface area contributed by atoms with Crippen LogP contribution in [0.5, 0.6) is 6.01 Å². The zero-order valence-electron chi connectivity index (χ0n) is 25.3. The Morgan fingerprint density at radius 1 is 1.09 bits per heavy atom. The predicted octanol–water partition coefficient (Wildman–Crippen LogP) is 3.15. The minimum atomic E-state index is -0.271. The number of ether oxygens (including phenoxy) is 1. The molecule has 0 N–H and O–H groups in total. The summed E-state index contributed by atoms with van der Waals surface area (Å²) in [5, 5.41) is 9.52. The van der Waals surface area contributed by atoms with Gasteiger partial charge in [-0.15, -0.1) is 0 Å². The first-order valence-electron chi connectivity index (χ1n) is 15.4. The fourth-order valence-corrected chi connectivity index (χ4v) is 7.15. The van der Waals surface area contributed by atoms with Gasteiger partial charge in [0.2, 0.25) is 5.91 Å². The molecule has 0 radical (unpaired) electrons. The van der Waals surface area contributed by atoms with E-state index in [0.717, 1.165) is 61.5 Å². The number of nitrogens with zero attached hydrogens (tertiary/aromatic N) is 8. The number of carbonyl (C=O) groups is 1. The van der Waals surface area contributed by atoms with Gasteiger partial charge in [-0.3, -0.25) is 4.79 Å². The summed E-state index contributed by atoms with van der Waals surface area (Å²) < 4.78 is 21.8. The summed E-state index contributed by atoms with van der Waals surface area (Å²) in [4.78, 5) is 32.9. The van der Waals surface area contributed by atoms with E-state index in [4.69, 9.17) is 14.7 Å². The molecule has 4 aliphatic heterocycles. The molecular weight excluding hydrogens is 547 g/mol. The minimum absolute atomic E-state index is 0.164. The van der Waals surface area contributed by atoms with E-state index < -0.39 is 0 Å². The van der Waals surface area contributed by atoms with Gasteiger partial charge in [0.05, 0.1) is 42.1 Å². The van der Waals surface area contributed by atoms with Gasteiger partial charge in [0.1, 0.15) is 18.2 Å². The standard InChI is InChI=1S/C32H41FN8O2/c1-4-28(42)41-18-17-40(19-23(41)11-13-34)31-25-12-16-39(30-26(33)10-9-22-7-5-15-38(3)29(22)30)20-27(25)35-32(36-31)43-21-24-8-6-14-37(24)2/h4,9-10,23-24H,1,5-8,11-12,14-21H2,2-3H3/t23-,24-/m0/s1. The molecule has 228 valence electrons. The molecular formula is C32H41FN8O2. The largest absolute Gasteiger partial charge is 0.462 e. The van der Waals surface area contributed by atoms with Crippen LogP contribution in [0.3, 0.4) is 0 Å². The zero-order chi connectivity index (χ0) is 30.1. The Balaban J connectivity index is 1.34. The molecule has 11 heteroatoms. The third kappa shape index (κ3) is 5.73. The minimum Gasteiger partial charge on any atom is -0.462 e. The SMILES string of the molecule is C=CC(=O)N1CCN(c2nc(OC[C@@H]3CCCN3C)nc3c2CCN(c2c(F)ccc4c2N(C)CCC4)C3)C[C@@H]1CC#N. The molecule has 0 bridgehead atoms. The number of anilines is 3. The van der Waals surface area contributed by atoms with Crippen molar-refractivity contribution < 1.29 is 13.9 Å². The molecule has 0 spiro atoms. The Morgan fingerprint density at radius 2 is 1.95 bits per heavy atom. The lowest BCUT2D eigenvalue weighted by atomic mass is 9.98. The smallest absolute Gasteiger partial charge is 0.318 e. The Labute approximate surface area is 253 Å². The molecule has 0 unspecified atom stereocenters. The Morgan fingerprint density at radius 3 is 2.72 bits per heavy atom. The highest BCUT2D eigenvalue weighted by atomic mass is 19.1. The van der Waals surface area contributed by atoms with Gasteiger partial charge in [0.25, 0.3) is 0 Å². The summed E-state index contributed by atoms with van der Waals surface area (Å²) in [6.07, 6.45) is 6.41. The van der Waals surface area contributed by atoms with Gasteiger partial charge in [0.15, 0.2) is 0 Å². The van der Waals surface area contributed by atoms with Gasteiger partial charge in [-0.05, 0) is 63.4 Å². The van der Waals surface area contributed by atoms with E-state index in [-0.39, 0.29) is 24.2 Å². The van der Waals surface area contributed by atoms with Gasteiger partial charge < -0.3 is 29.2 Å². The molecule has 1 amide bonds. The highest BCUT2D eigenvalue weighted by Crippen LogP contribution is 2.41. The molecule has 43 heavy (non-hydrogen) atoms. The average molecular weight is 589 g/mol. The predicted molar refractivity (Wildman–Crippen MR) is 164 cm³/mol. The summed E-state index contributed by atoms with van der Waals surface area (Å²) in [7, 11) is 4.16. The maximum absolute atomic E-state index is 15.5. The number of nitriles is 1. The van der Waals surface area contributed by atoms with Crippen LogP contribution in [-0.2, 0) is 24.2 Å². The first-order chi connectivity index (χ1) is 20.9. The monoisotopic (exact) mass is 588 g/mol. The number of likely N-dealkylation sites (N-methyl/N-ethyl adjacent to an activating group) is 1. The van der Waals surface area contributed by atoms with Crippen LogP contribution in [-0.4, -0.2) is 97.7 Å². The average Bonchev–Trinajstić information content (AvgIpc) is 3.43. The highest BCUT2D eigenvalue weighted by molar-refractivity contribution is 5.87. The second kappa shape index (κ2) is 12.4. The lowest BCUT2D eigenvalue weighted by molar-refractivity contribution is -0.128. The molecule has 4 aliphatic rings. The van der Waals surface area contributed by atoms with Gasteiger partial charge in [-0.2, -0.15) is 15.2 Å². The molecule has 0 aliphatic carbocycles. The summed E-state index contributed by atoms with van der Waals surface area (Å²) >= 11 is 0. The van der Waals surface area contributed by atoms with E-state index in [1.807, 2.05) is 13.1 Å². The van der Waals surface area contributed by atoms with Crippen molar-refractivity contribution in [2.24, 2.45) is 0 Å². The van der Waals surface area contributed by atoms with Crippen LogP contribution >= 0.6 is 0 Å². The number of hydrogen-bond acceptors (Lipinski definition) is 9. The maximum Gasteiger partial charge on any atom is 0.318 e. The van der Waals surface area contributed by atoms with Gasteiger partial charge in [-0.1, -0.05) is 12.6 Å². The summed E-state index contributed by atoms with van der Waals surface area (Å²) in [5.74, 6) is 0.414.